The standard InChI is InChI=1S/C60H117NO5/c1-4-7-10-13-16-19-22-25-28-30-32-34-37-40-43-46-49-52-58(63)57(55-62)61-59(64)54-56(51-48-45-42-39-36-33-31-29-26-23-20-17-14-11-8-5-2)66-60(65)53-50-47-44-41-38-35-27-24-21-18-15-12-9-6-3/h35,38,56-58,62-63H,4-34,36-37,39-55H2,1-3H3,(H,61,64)/b38-35-. The molecule has 0 aliphatic heterocycles. The molecule has 0 radical (unpaired) electrons. The molecule has 0 heterocycles. The van der Waals surface area contributed by atoms with Crippen molar-refractivity contribution in [2.24, 2.45) is 0 Å². The first-order valence-corrected chi connectivity index (χ1v) is 29.9. The van der Waals surface area contributed by atoms with Gasteiger partial charge in [0.05, 0.1) is 25.2 Å². The molecular formula is C60H117NO5. The molecule has 0 saturated carbocycles. The highest BCUT2D eigenvalue weighted by Gasteiger charge is 2.24. The van der Waals surface area contributed by atoms with E-state index >= 15 is 0 Å². The number of rotatable bonds is 55. The van der Waals surface area contributed by atoms with Gasteiger partial charge in [-0.2, -0.15) is 0 Å². The van der Waals surface area contributed by atoms with Gasteiger partial charge in [0.25, 0.3) is 0 Å². The summed E-state index contributed by atoms with van der Waals surface area (Å²) in [5, 5.41) is 23.9. The summed E-state index contributed by atoms with van der Waals surface area (Å²) in [5.74, 6) is -0.468. The van der Waals surface area contributed by atoms with E-state index in [2.05, 4.69) is 38.2 Å². The number of nitrogens with one attached hydrogen (secondary N) is 1. The van der Waals surface area contributed by atoms with Gasteiger partial charge < -0.3 is 20.3 Å². The molecule has 0 aromatic rings. The molecule has 392 valence electrons. The zero-order chi connectivity index (χ0) is 48.1. The van der Waals surface area contributed by atoms with Gasteiger partial charge in [0.1, 0.15) is 6.10 Å². The molecule has 6 heteroatoms. The Morgan fingerprint density at radius 1 is 0.424 bits per heavy atom. The van der Waals surface area contributed by atoms with Crippen molar-refractivity contribution in [2.45, 2.75) is 354 Å². The topological polar surface area (TPSA) is 95.9 Å². The molecular weight excluding hydrogens is 815 g/mol. The number of amides is 1. The molecule has 3 atom stereocenters. The van der Waals surface area contributed by atoms with Gasteiger partial charge in [-0.1, -0.05) is 283 Å². The number of unbranched alkanes of at least 4 members (excludes halogenated alkanes) is 41. The average molecular weight is 933 g/mol. The maximum atomic E-state index is 13.3. The first kappa shape index (κ1) is 64.6. The highest BCUT2D eigenvalue weighted by atomic mass is 16.5. The maximum absolute atomic E-state index is 13.3. The Kier molecular flexibility index (Phi) is 53.4. The summed E-state index contributed by atoms with van der Waals surface area (Å²) in [6.07, 6.45) is 62.8. The second kappa shape index (κ2) is 54.5. The normalized spacial score (nSPS) is 13.1. The molecule has 3 unspecified atom stereocenters. The van der Waals surface area contributed by atoms with Crippen LogP contribution < -0.4 is 5.32 Å². The summed E-state index contributed by atoms with van der Waals surface area (Å²) in [6.45, 7) is 6.53. The molecule has 3 N–H and O–H groups in total. The molecule has 0 aromatic heterocycles. The minimum Gasteiger partial charge on any atom is -0.462 e. The number of aliphatic hydroxyl groups excluding tert-OH is 2. The fourth-order valence-corrected chi connectivity index (χ4v) is 9.55. The Balaban J connectivity index is 4.50. The SMILES string of the molecule is CCCCCCCCC/C=C\CCCCCC(=O)OC(CCCCCCCCCCCCCCCCCC)CC(=O)NC(CO)C(O)CCCCCCCCCCCCCCCCCCC. The Labute approximate surface area is 412 Å². The van der Waals surface area contributed by atoms with Gasteiger partial charge in [-0.15, -0.1) is 0 Å². The Bertz CT molecular complexity index is 1000. The number of hydrogen-bond acceptors (Lipinski definition) is 5. The summed E-state index contributed by atoms with van der Waals surface area (Å²) in [4.78, 5) is 26.3. The lowest BCUT2D eigenvalue weighted by molar-refractivity contribution is -0.151. The zero-order valence-corrected chi connectivity index (χ0v) is 44.9. The highest BCUT2D eigenvalue weighted by molar-refractivity contribution is 5.77. The Morgan fingerprint density at radius 2 is 0.727 bits per heavy atom. The van der Waals surface area contributed by atoms with E-state index in [0.29, 0.717) is 19.3 Å². The summed E-state index contributed by atoms with van der Waals surface area (Å²) >= 11 is 0. The first-order valence-electron chi connectivity index (χ1n) is 29.9. The summed E-state index contributed by atoms with van der Waals surface area (Å²) in [7, 11) is 0. The van der Waals surface area contributed by atoms with E-state index in [0.717, 1.165) is 51.4 Å². The minimum atomic E-state index is -0.785. The number of ether oxygens (including phenoxy) is 1. The summed E-state index contributed by atoms with van der Waals surface area (Å²) < 4.78 is 5.96. The fraction of sp³-hybridized carbons (Fsp3) is 0.933. The van der Waals surface area contributed by atoms with Crippen LogP contribution in [0.25, 0.3) is 0 Å². The van der Waals surface area contributed by atoms with Gasteiger partial charge in [0.2, 0.25) is 5.91 Å². The zero-order valence-electron chi connectivity index (χ0n) is 44.9. The van der Waals surface area contributed by atoms with Crippen LogP contribution in [0.15, 0.2) is 12.2 Å². The van der Waals surface area contributed by atoms with Crippen molar-refractivity contribution in [1.29, 1.82) is 0 Å². The largest absolute Gasteiger partial charge is 0.462 e. The number of aliphatic hydroxyl groups is 2. The van der Waals surface area contributed by atoms with Gasteiger partial charge in [-0.25, -0.2) is 0 Å². The molecule has 6 nitrogen and oxygen atoms in total. The van der Waals surface area contributed by atoms with Crippen LogP contribution in [-0.2, 0) is 14.3 Å². The number of carbonyl (C=O) groups is 2. The molecule has 0 bridgehead atoms. The quantitative estimate of drug-likeness (QED) is 0.0321. The number of hydrogen-bond donors (Lipinski definition) is 3. The first-order chi connectivity index (χ1) is 32.5. The molecule has 0 aromatic carbocycles. The second-order valence-electron chi connectivity index (χ2n) is 20.8. The summed E-state index contributed by atoms with van der Waals surface area (Å²) in [6, 6.07) is -0.699. The minimum absolute atomic E-state index is 0.0797. The average Bonchev–Trinajstić information content (AvgIpc) is 3.31. The predicted molar refractivity (Wildman–Crippen MR) is 287 cm³/mol. The van der Waals surface area contributed by atoms with Crippen LogP contribution in [-0.4, -0.2) is 46.9 Å². The Morgan fingerprint density at radius 3 is 1.08 bits per heavy atom. The smallest absolute Gasteiger partial charge is 0.306 e. The summed E-state index contributed by atoms with van der Waals surface area (Å²) in [5.41, 5.74) is 0. The molecule has 66 heavy (non-hydrogen) atoms. The van der Waals surface area contributed by atoms with Gasteiger partial charge in [-0.3, -0.25) is 9.59 Å². The van der Waals surface area contributed by atoms with E-state index in [-0.39, 0.29) is 24.9 Å². The van der Waals surface area contributed by atoms with Crippen molar-refractivity contribution in [3.05, 3.63) is 12.2 Å². The van der Waals surface area contributed by atoms with E-state index in [1.807, 2.05) is 0 Å². The van der Waals surface area contributed by atoms with Crippen LogP contribution in [0.4, 0.5) is 0 Å². The van der Waals surface area contributed by atoms with Crippen LogP contribution in [0.5, 0.6) is 0 Å². The molecule has 1 amide bonds. The third-order valence-electron chi connectivity index (χ3n) is 14.1. The van der Waals surface area contributed by atoms with E-state index in [9.17, 15) is 19.8 Å². The van der Waals surface area contributed by atoms with Crippen molar-refractivity contribution in [3.63, 3.8) is 0 Å². The highest BCUT2D eigenvalue weighted by Crippen LogP contribution is 2.19. The van der Waals surface area contributed by atoms with Crippen LogP contribution in [0.3, 0.4) is 0 Å². The lowest BCUT2D eigenvalue weighted by Gasteiger charge is -2.24. The molecule has 0 rings (SSSR count). The van der Waals surface area contributed by atoms with Crippen LogP contribution in [0.1, 0.15) is 335 Å². The monoisotopic (exact) mass is 932 g/mol. The Hall–Kier alpha value is -1.40. The molecule has 0 fully saturated rings. The van der Waals surface area contributed by atoms with Crippen LogP contribution in [0, 0.1) is 0 Å². The van der Waals surface area contributed by atoms with Crippen molar-refractivity contribution in [2.75, 3.05) is 6.61 Å². The van der Waals surface area contributed by atoms with E-state index in [4.69, 9.17) is 4.74 Å². The van der Waals surface area contributed by atoms with Gasteiger partial charge in [0.15, 0.2) is 0 Å². The van der Waals surface area contributed by atoms with Gasteiger partial charge in [0, 0.05) is 6.42 Å². The molecule has 0 aliphatic rings. The van der Waals surface area contributed by atoms with Gasteiger partial charge in [-0.05, 0) is 51.4 Å². The van der Waals surface area contributed by atoms with E-state index in [1.165, 1.54) is 238 Å². The molecule has 0 spiro atoms. The van der Waals surface area contributed by atoms with Crippen molar-refractivity contribution < 1.29 is 24.5 Å². The number of esters is 1. The number of allylic oxidation sites excluding steroid dienone is 2. The molecule has 0 aliphatic carbocycles. The lowest BCUT2D eigenvalue weighted by atomic mass is 10.0. The predicted octanol–water partition coefficient (Wildman–Crippen LogP) is 18.5. The van der Waals surface area contributed by atoms with Crippen LogP contribution >= 0.6 is 0 Å². The fourth-order valence-electron chi connectivity index (χ4n) is 9.55. The third-order valence-corrected chi connectivity index (χ3v) is 14.1. The van der Waals surface area contributed by atoms with E-state index in [1.54, 1.807) is 0 Å². The molecule has 0 saturated heterocycles. The van der Waals surface area contributed by atoms with Gasteiger partial charge >= 0.3 is 5.97 Å². The van der Waals surface area contributed by atoms with Crippen molar-refractivity contribution in [3.8, 4) is 0 Å². The lowest BCUT2D eigenvalue weighted by Crippen LogP contribution is -2.46. The third kappa shape index (κ3) is 49.0. The maximum Gasteiger partial charge on any atom is 0.306 e. The van der Waals surface area contributed by atoms with Crippen molar-refractivity contribution in [1.82, 2.24) is 5.32 Å². The number of carbonyl (C=O) groups excluding carboxylic acids is 2. The van der Waals surface area contributed by atoms with Crippen LogP contribution in [0.2, 0.25) is 0 Å². The van der Waals surface area contributed by atoms with Crippen molar-refractivity contribution >= 4 is 11.9 Å². The van der Waals surface area contributed by atoms with E-state index < -0.39 is 18.2 Å². The second-order valence-corrected chi connectivity index (χ2v) is 20.8.